The fourth-order valence-corrected chi connectivity index (χ4v) is 2.95. The second-order valence-corrected chi connectivity index (χ2v) is 7.17. The van der Waals surface area contributed by atoms with Gasteiger partial charge in [-0.1, -0.05) is 6.07 Å². The summed E-state index contributed by atoms with van der Waals surface area (Å²) in [5.74, 6) is 1.56. The van der Waals surface area contributed by atoms with E-state index in [0.29, 0.717) is 48.4 Å². The predicted octanol–water partition coefficient (Wildman–Crippen LogP) is 4.35. The van der Waals surface area contributed by atoms with Crippen molar-refractivity contribution in [3.05, 3.63) is 59.7 Å². The van der Waals surface area contributed by atoms with Crippen molar-refractivity contribution in [1.29, 1.82) is 0 Å². The maximum absolute atomic E-state index is 12.4. The number of carbonyl (C=O) groups excluding carboxylic acids is 1. The van der Waals surface area contributed by atoms with Gasteiger partial charge in [-0.3, -0.25) is 9.78 Å². The number of ketones is 1. The smallest absolute Gasteiger partial charge is 0.226 e. The Labute approximate surface area is 163 Å². The average Bonchev–Trinajstić information content (AvgIpc) is 3.41. The van der Waals surface area contributed by atoms with Crippen LogP contribution in [0, 0.1) is 12.8 Å². The number of Topliss-reactive ketones (excluding diaryl/α,β-unsaturated/α-hetero) is 1. The van der Waals surface area contributed by atoms with Crippen LogP contribution < -0.4 is 4.74 Å². The van der Waals surface area contributed by atoms with E-state index in [1.807, 2.05) is 19.1 Å². The molecule has 3 aromatic rings. The number of phenols is 1. The summed E-state index contributed by atoms with van der Waals surface area (Å²) in [5.41, 5.74) is 2.80. The van der Waals surface area contributed by atoms with Crippen LogP contribution in [-0.2, 0) is 6.42 Å². The molecule has 1 aromatic carbocycles. The van der Waals surface area contributed by atoms with E-state index in [-0.39, 0.29) is 11.5 Å². The van der Waals surface area contributed by atoms with Gasteiger partial charge in [0.2, 0.25) is 5.89 Å². The Hall–Kier alpha value is -3.15. The Morgan fingerprint density at radius 2 is 2.18 bits per heavy atom. The standard InChI is InChI=1S/C22H22N2O4/c1-14-3-2-10-23-21(14)19(26)9-7-17-13-28-22(24-17)16-6-8-18(25)20(11-16)27-12-15-4-5-15/h2-3,6,8,10-11,13,15,25H,4-5,7,9,12H2,1H3. The molecule has 0 unspecified atom stereocenters. The van der Waals surface area contributed by atoms with E-state index < -0.39 is 0 Å². The fraction of sp³-hybridized carbons (Fsp3) is 0.318. The van der Waals surface area contributed by atoms with E-state index in [1.165, 1.54) is 12.8 Å². The van der Waals surface area contributed by atoms with E-state index in [2.05, 4.69) is 9.97 Å². The normalized spacial score (nSPS) is 13.5. The van der Waals surface area contributed by atoms with E-state index >= 15 is 0 Å². The maximum atomic E-state index is 12.4. The number of aromatic nitrogens is 2. The van der Waals surface area contributed by atoms with Crippen LogP contribution in [-0.4, -0.2) is 27.5 Å². The molecule has 6 heteroatoms. The first-order chi connectivity index (χ1) is 13.6. The summed E-state index contributed by atoms with van der Waals surface area (Å²) < 4.78 is 11.3. The molecule has 1 saturated carbocycles. The first-order valence-electron chi connectivity index (χ1n) is 9.45. The zero-order chi connectivity index (χ0) is 19.5. The lowest BCUT2D eigenvalue weighted by Crippen LogP contribution is -2.06. The molecule has 1 aliphatic rings. The number of ether oxygens (including phenoxy) is 1. The van der Waals surface area contributed by atoms with Crippen LogP contribution in [0.4, 0.5) is 0 Å². The molecule has 28 heavy (non-hydrogen) atoms. The van der Waals surface area contributed by atoms with E-state index in [1.54, 1.807) is 30.7 Å². The molecule has 0 atom stereocenters. The van der Waals surface area contributed by atoms with Gasteiger partial charge < -0.3 is 14.3 Å². The van der Waals surface area contributed by atoms with Crippen LogP contribution in [0.3, 0.4) is 0 Å². The largest absolute Gasteiger partial charge is 0.504 e. The molecular weight excluding hydrogens is 356 g/mol. The highest BCUT2D eigenvalue weighted by Crippen LogP contribution is 2.34. The lowest BCUT2D eigenvalue weighted by molar-refractivity contribution is 0.0977. The Morgan fingerprint density at radius 1 is 1.32 bits per heavy atom. The van der Waals surface area contributed by atoms with Gasteiger partial charge in [-0.2, -0.15) is 0 Å². The molecule has 0 bridgehead atoms. The third kappa shape index (κ3) is 4.22. The molecule has 1 aliphatic carbocycles. The van der Waals surface area contributed by atoms with Crippen LogP contribution in [0.25, 0.3) is 11.5 Å². The number of rotatable bonds is 8. The molecule has 0 spiro atoms. The van der Waals surface area contributed by atoms with Gasteiger partial charge in [0.15, 0.2) is 17.3 Å². The average molecular weight is 378 g/mol. The Kier molecular flexibility index (Phi) is 5.10. The molecule has 6 nitrogen and oxygen atoms in total. The van der Waals surface area contributed by atoms with E-state index in [9.17, 15) is 9.90 Å². The van der Waals surface area contributed by atoms with Crippen molar-refractivity contribution in [2.24, 2.45) is 5.92 Å². The number of nitrogens with zero attached hydrogens (tertiary/aromatic N) is 2. The van der Waals surface area contributed by atoms with Gasteiger partial charge in [-0.25, -0.2) is 4.98 Å². The van der Waals surface area contributed by atoms with Gasteiger partial charge in [-0.15, -0.1) is 0 Å². The van der Waals surface area contributed by atoms with E-state index in [4.69, 9.17) is 9.15 Å². The quantitative estimate of drug-likeness (QED) is 0.586. The summed E-state index contributed by atoms with van der Waals surface area (Å²) in [5, 5.41) is 9.98. The number of benzene rings is 1. The summed E-state index contributed by atoms with van der Waals surface area (Å²) in [6, 6.07) is 8.74. The number of hydrogen-bond acceptors (Lipinski definition) is 6. The molecule has 4 rings (SSSR count). The molecule has 2 aromatic heterocycles. The first-order valence-corrected chi connectivity index (χ1v) is 9.45. The van der Waals surface area contributed by atoms with Crippen LogP contribution in [0.15, 0.2) is 47.2 Å². The molecule has 1 N–H and O–H groups in total. The second kappa shape index (κ2) is 7.84. The van der Waals surface area contributed by atoms with Gasteiger partial charge in [-0.05, 0) is 55.5 Å². The second-order valence-electron chi connectivity index (χ2n) is 7.17. The lowest BCUT2D eigenvalue weighted by atomic mass is 10.1. The Morgan fingerprint density at radius 3 is 2.96 bits per heavy atom. The highest BCUT2D eigenvalue weighted by Gasteiger charge is 2.22. The van der Waals surface area contributed by atoms with Crippen molar-refractivity contribution in [3.63, 3.8) is 0 Å². The summed E-state index contributed by atoms with van der Waals surface area (Å²) in [7, 11) is 0. The molecule has 0 aliphatic heterocycles. The zero-order valence-corrected chi connectivity index (χ0v) is 15.7. The number of hydrogen-bond donors (Lipinski definition) is 1. The topological polar surface area (TPSA) is 85.5 Å². The molecule has 144 valence electrons. The van der Waals surface area contributed by atoms with Crippen molar-refractivity contribution in [1.82, 2.24) is 9.97 Å². The number of pyridine rings is 1. The number of oxazole rings is 1. The highest BCUT2D eigenvalue weighted by molar-refractivity contribution is 5.95. The maximum Gasteiger partial charge on any atom is 0.226 e. The number of phenolic OH excluding ortho intramolecular Hbond substituents is 1. The van der Waals surface area contributed by atoms with Gasteiger partial charge in [0.05, 0.1) is 12.3 Å². The molecular formula is C22H22N2O4. The zero-order valence-electron chi connectivity index (χ0n) is 15.7. The number of carbonyl (C=O) groups is 1. The monoisotopic (exact) mass is 378 g/mol. The van der Waals surface area contributed by atoms with Gasteiger partial charge in [0, 0.05) is 24.6 Å². The van der Waals surface area contributed by atoms with Gasteiger partial charge in [0.1, 0.15) is 12.0 Å². The van der Waals surface area contributed by atoms with Crippen LogP contribution in [0.2, 0.25) is 0 Å². The van der Waals surface area contributed by atoms with Crippen molar-refractivity contribution in [3.8, 4) is 23.0 Å². The molecule has 2 heterocycles. The minimum absolute atomic E-state index is 0.0111. The Balaban J connectivity index is 1.42. The summed E-state index contributed by atoms with van der Waals surface area (Å²) in [4.78, 5) is 21.0. The lowest BCUT2D eigenvalue weighted by Gasteiger charge is -2.08. The van der Waals surface area contributed by atoms with Crippen LogP contribution in [0.5, 0.6) is 11.5 Å². The third-order valence-electron chi connectivity index (χ3n) is 4.81. The van der Waals surface area contributed by atoms with Crippen LogP contribution in [0.1, 0.15) is 41.0 Å². The minimum atomic E-state index is -0.0111. The van der Waals surface area contributed by atoms with Crippen molar-refractivity contribution in [2.45, 2.75) is 32.6 Å². The summed E-state index contributed by atoms with van der Waals surface area (Å²) in [6.07, 6.45) is 6.34. The van der Waals surface area contributed by atoms with E-state index in [0.717, 1.165) is 11.1 Å². The van der Waals surface area contributed by atoms with Crippen molar-refractivity contribution >= 4 is 5.78 Å². The molecule has 1 fully saturated rings. The van der Waals surface area contributed by atoms with Crippen LogP contribution >= 0.6 is 0 Å². The van der Waals surface area contributed by atoms with Gasteiger partial charge in [0.25, 0.3) is 0 Å². The predicted molar refractivity (Wildman–Crippen MR) is 103 cm³/mol. The molecule has 0 radical (unpaired) electrons. The molecule has 0 saturated heterocycles. The fourth-order valence-electron chi connectivity index (χ4n) is 2.95. The van der Waals surface area contributed by atoms with Crippen molar-refractivity contribution < 1.29 is 19.1 Å². The first kappa shape index (κ1) is 18.2. The number of aryl methyl sites for hydroxylation is 2. The molecule has 0 amide bonds. The highest BCUT2D eigenvalue weighted by atomic mass is 16.5. The third-order valence-corrected chi connectivity index (χ3v) is 4.81. The summed E-state index contributed by atoms with van der Waals surface area (Å²) in [6.45, 7) is 2.49. The SMILES string of the molecule is Cc1cccnc1C(=O)CCc1coc(-c2ccc(O)c(OCC3CC3)c2)n1. The van der Waals surface area contributed by atoms with Gasteiger partial charge >= 0.3 is 0 Å². The van der Waals surface area contributed by atoms with Crippen molar-refractivity contribution in [2.75, 3.05) is 6.61 Å². The Bertz CT molecular complexity index is 992. The number of aromatic hydroxyl groups is 1. The summed E-state index contributed by atoms with van der Waals surface area (Å²) >= 11 is 0. The minimum Gasteiger partial charge on any atom is -0.504 e.